The summed E-state index contributed by atoms with van der Waals surface area (Å²) >= 11 is 0. The van der Waals surface area contributed by atoms with Gasteiger partial charge in [-0.15, -0.1) is 0 Å². The van der Waals surface area contributed by atoms with Crippen molar-refractivity contribution in [1.29, 1.82) is 0 Å². The molecule has 0 aromatic heterocycles. The van der Waals surface area contributed by atoms with Crippen molar-refractivity contribution in [1.82, 2.24) is 0 Å². The molecule has 0 amide bonds. The molecule has 164 valence electrons. The number of methoxy groups -OCH3 is 1. The fourth-order valence-electron chi connectivity index (χ4n) is 3.41. The van der Waals surface area contributed by atoms with E-state index in [4.69, 9.17) is 19.1 Å². The molecule has 1 saturated heterocycles. The van der Waals surface area contributed by atoms with Crippen LogP contribution in [0.5, 0.6) is 0 Å². The smallest absolute Gasteiger partial charge is 0.360 e. The van der Waals surface area contributed by atoms with E-state index in [1.807, 2.05) is 38.1 Å². The van der Waals surface area contributed by atoms with Crippen LogP contribution in [0.2, 0.25) is 0 Å². The predicted octanol–water partition coefficient (Wildman–Crippen LogP) is 3.65. The molecule has 3 rings (SSSR count). The van der Waals surface area contributed by atoms with Crippen molar-refractivity contribution in [2.24, 2.45) is 16.2 Å². The van der Waals surface area contributed by atoms with Gasteiger partial charge in [-0.2, -0.15) is 0 Å². The summed E-state index contributed by atoms with van der Waals surface area (Å²) in [6, 6.07) is 13.9. The molecule has 2 aromatic rings. The van der Waals surface area contributed by atoms with E-state index in [1.165, 1.54) is 19.8 Å². The van der Waals surface area contributed by atoms with E-state index in [0.29, 0.717) is 11.5 Å². The van der Waals surface area contributed by atoms with Crippen LogP contribution >= 0.6 is 0 Å². The number of nitrogens with zero attached hydrogens (tertiary/aromatic N) is 2. The van der Waals surface area contributed by atoms with Crippen molar-refractivity contribution in [3.63, 3.8) is 0 Å². The van der Waals surface area contributed by atoms with Crippen LogP contribution in [-0.4, -0.2) is 44.8 Å². The second kappa shape index (κ2) is 10.7. The first-order valence-electron chi connectivity index (χ1n) is 10.2. The number of benzene rings is 2. The van der Waals surface area contributed by atoms with Crippen molar-refractivity contribution in [3.8, 4) is 0 Å². The van der Waals surface area contributed by atoms with E-state index in [9.17, 15) is 4.79 Å². The van der Waals surface area contributed by atoms with Gasteiger partial charge in [-0.25, -0.2) is 4.79 Å². The molecule has 0 radical (unpaired) electrons. The Labute approximate surface area is 182 Å². The molecule has 0 N–H and O–H groups in total. The van der Waals surface area contributed by atoms with E-state index < -0.39 is 5.97 Å². The van der Waals surface area contributed by atoms with Crippen molar-refractivity contribution < 1.29 is 23.9 Å². The molecule has 1 aliphatic rings. The Morgan fingerprint density at radius 2 is 1.90 bits per heavy atom. The number of hydrogen-bond donors (Lipinski definition) is 0. The van der Waals surface area contributed by atoms with Crippen LogP contribution in [0.25, 0.3) is 0 Å². The molecular formula is C24H28N2O5. The summed E-state index contributed by atoms with van der Waals surface area (Å²) < 4.78 is 10.1. The Hall–Kier alpha value is -3.19. The summed E-state index contributed by atoms with van der Waals surface area (Å²) in [6.45, 7) is 5.70. The van der Waals surface area contributed by atoms with Gasteiger partial charge in [0.2, 0.25) is 0 Å². The maximum Gasteiger partial charge on any atom is 0.360 e. The summed E-state index contributed by atoms with van der Waals surface area (Å²) in [7, 11) is 2.69. The van der Waals surface area contributed by atoms with Gasteiger partial charge in [0.15, 0.2) is 5.71 Å². The molecule has 1 aliphatic heterocycles. The van der Waals surface area contributed by atoms with Crippen LogP contribution in [0, 0.1) is 12.8 Å². The minimum absolute atomic E-state index is 0.0840. The Kier molecular flexibility index (Phi) is 7.78. The third-order valence-electron chi connectivity index (χ3n) is 5.21. The van der Waals surface area contributed by atoms with Crippen LogP contribution in [-0.2, 0) is 37.0 Å². The van der Waals surface area contributed by atoms with Crippen LogP contribution in [0.1, 0.15) is 34.7 Å². The standard InChI is InChI=1S/C24H28N2O5/c1-16-7-5-10-21(23(26-29-4)24(27)28-3)22(16)15-31-25-17(2)20-9-6-8-18(12-20)11-19-13-30-14-19/h5-10,12,19H,11,13-15H2,1-4H3/b25-17+,26-23+. The maximum absolute atomic E-state index is 12.2. The number of aryl methyl sites for hydroxylation is 1. The Morgan fingerprint density at radius 3 is 2.58 bits per heavy atom. The van der Waals surface area contributed by atoms with Gasteiger partial charge in [-0.3, -0.25) is 0 Å². The number of ether oxygens (including phenoxy) is 2. The molecule has 1 fully saturated rings. The SMILES string of the molecule is CO/N=C(/C(=O)OC)c1cccc(C)c1CO/N=C(\C)c1cccc(CC2COC2)c1. The van der Waals surface area contributed by atoms with Crippen LogP contribution in [0.4, 0.5) is 0 Å². The summed E-state index contributed by atoms with van der Waals surface area (Å²) in [6.07, 6.45) is 1.00. The highest BCUT2D eigenvalue weighted by Crippen LogP contribution is 2.20. The zero-order valence-electron chi connectivity index (χ0n) is 18.4. The highest BCUT2D eigenvalue weighted by Gasteiger charge is 2.21. The molecule has 0 unspecified atom stereocenters. The van der Waals surface area contributed by atoms with Gasteiger partial charge in [0.25, 0.3) is 0 Å². The molecule has 7 nitrogen and oxygen atoms in total. The van der Waals surface area contributed by atoms with E-state index in [-0.39, 0.29) is 12.3 Å². The van der Waals surface area contributed by atoms with Gasteiger partial charge in [-0.1, -0.05) is 46.7 Å². The fourth-order valence-corrected chi connectivity index (χ4v) is 3.41. The first-order valence-corrected chi connectivity index (χ1v) is 10.2. The van der Waals surface area contributed by atoms with Gasteiger partial charge in [0.1, 0.15) is 13.7 Å². The van der Waals surface area contributed by atoms with Gasteiger partial charge in [0, 0.05) is 17.0 Å². The zero-order valence-corrected chi connectivity index (χ0v) is 18.4. The minimum atomic E-state index is -0.581. The highest BCUT2D eigenvalue weighted by molar-refractivity contribution is 6.43. The zero-order chi connectivity index (χ0) is 22.2. The molecule has 31 heavy (non-hydrogen) atoms. The molecule has 0 spiro atoms. The lowest BCUT2D eigenvalue weighted by Gasteiger charge is -2.26. The Morgan fingerprint density at radius 1 is 1.13 bits per heavy atom. The van der Waals surface area contributed by atoms with Gasteiger partial charge < -0.3 is 19.1 Å². The number of carbonyl (C=O) groups excluding carboxylic acids is 1. The van der Waals surface area contributed by atoms with Crippen molar-refractivity contribution in [2.75, 3.05) is 27.4 Å². The summed E-state index contributed by atoms with van der Waals surface area (Å²) in [5.41, 5.74) is 5.47. The third-order valence-corrected chi connectivity index (χ3v) is 5.21. The molecule has 2 aromatic carbocycles. The average Bonchev–Trinajstić information content (AvgIpc) is 2.75. The lowest BCUT2D eigenvalue weighted by atomic mass is 9.96. The summed E-state index contributed by atoms with van der Waals surface area (Å²) in [5.74, 6) is 0.0167. The first-order chi connectivity index (χ1) is 15.0. The van der Waals surface area contributed by atoms with E-state index in [0.717, 1.165) is 42.0 Å². The lowest BCUT2D eigenvalue weighted by Crippen LogP contribution is -2.29. The summed E-state index contributed by atoms with van der Waals surface area (Å²) in [5, 5.41) is 8.15. The number of esters is 1. The molecule has 0 saturated carbocycles. The normalized spacial score (nSPS) is 14.7. The second-order valence-electron chi connectivity index (χ2n) is 7.47. The van der Waals surface area contributed by atoms with E-state index in [1.54, 1.807) is 6.07 Å². The van der Waals surface area contributed by atoms with Crippen LogP contribution in [0.3, 0.4) is 0 Å². The second-order valence-corrected chi connectivity index (χ2v) is 7.47. The first kappa shape index (κ1) is 22.5. The molecule has 7 heteroatoms. The largest absolute Gasteiger partial charge is 0.464 e. The average molecular weight is 424 g/mol. The quantitative estimate of drug-likeness (QED) is 0.349. The van der Waals surface area contributed by atoms with Crippen LogP contribution in [0.15, 0.2) is 52.8 Å². The predicted molar refractivity (Wildman–Crippen MR) is 118 cm³/mol. The lowest BCUT2D eigenvalue weighted by molar-refractivity contribution is -0.132. The third kappa shape index (κ3) is 5.70. The maximum atomic E-state index is 12.2. The molecule has 0 bridgehead atoms. The van der Waals surface area contributed by atoms with Gasteiger partial charge in [-0.05, 0) is 43.0 Å². The van der Waals surface area contributed by atoms with Gasteiger partial charge >= 0.3 is 5.97 Å². The molecule has 0 atom stereocenters. The summed E-state index contributed by atoms with van der Waals surface area (Å²) in [4.78, 5) is 22.7. The highest BCUT2D eigenvalue weighted by atomic mass is 16.6. The van der Waals surface area contributed by atoms with Crippen molar-refractivity contribution >= 4 is 17.4 Å². The molecular weight excluding hydrogens is 396 g/mol. The van der Waals surface area contributed by atoms with E-state index in [2.05, 4.69) is 22.4 Å². The number of hydrogen-bond acceptors (Lipinski definition) is 7. The topological polar surface area (TPSA) is 78.7 Å². The Bertz CT molecular complexity index is 980. The van der Waals surface area contributed by atoms with E-state index >= 15 is 0 Å². The molecule has 0 aliphatic carbocycles. The van der Waals surface area contributed by atoms with Crippen molar-refractivity contribution in [3.05, 3.63) is 70.3 Å². The minimum Gasteiger partial charge on any atom is -0.464 e. The molecule has 1 heterocycles. The van der Waals surface area contributed by atoms with Crippen LogP contribution < -0.4 is 0 Å². The number of carbonyl (C=O) groups is 1. The Balaban J connectivity index is 1.75. The monoisotopic (exact) mass is 424 g/mol. The fraction of sp³-hybridized carbons (Fsp3) is 0.375. The number of rotatable bonds is 9. The van der Waals surface area contributed by atoms with Crippen molar-refractivity contribution in [2.45, 2.75) is 26.9 Å². The number of oxime groups is 2. The van der Waals surface area contributed by atoms with Gasteiger partial charge in [0.05, 0.1) is 26.0 Å².